The third-order valence-corrected chi connectivity index (χ3v) is 2.71. The molecule has 3 heterocycles. The Hall–Kier alpha value is -1.20. The lowest BCUT2D eigenvalue weighted by Gasteiger charge is -2.08. The number of ether oxygens (including phenoxy) is 1. The van der Waals surface area contributed by atoms with Gasteiger partial charge in [-0.05, 0) is 6.42 Å². The van der Waals surface area contributed by atoms with Crippen molar-refractivity contribution in [3.05, 3.63) is 17.5 Å². The topological polar surface area (TPSA) is 52.8 Å². The summed E-state index contributed by atoms with van der Waals surface area (Å²) in [7, 11) is 0. The van der Waals surface area contributed by atoms with E-state index in [9.17, 15) is 0 Å². The van der Waals surface area contributed by atoms with Crippen LogP contribution in [0.2, 0.25) is 5.15 Å². The Labute approximate surface area is 91.0 Å². The van der Waals surface area contributed by atoms with Crippen molar-refractivity contribution in [2.75, 3.05) is 13.2 Å². The molecule has 3 rings (SSSR count). The summed E-state index contributed by atoms with van der Waals surface area (Å²) < 4.78 is 7.17. The number of nitrogens with zero attached hydrogens (tertiary/aromatic N) is 4. The van der Waals surface area contributed by atoms with Crippen LogP contribution < -0.4 is 0 Å². The Morgan fingerprint density at radius 2 is 2.40 bits per heavy atom. The summed E-state index contributed by atoms with van der Waals surface area (Å²) in [6.45, 7) is 1.46. The van der Waals surface area contributed by atoms with E-state index >= 15 is 0 Å². The van der Waals surface area contributed by atoms with Gasteiger partial charge in [-0.1, -0.05) is 11.6 Å². The number of aromatic nitrogens is 4. The fraction of sp³-hybridized carbons (Fsp3) is 0.444. The van der Waals surface area contributed by atoms with Crippen molar-refractivity contribution in [1.82, 2.24) is 19.7 Å². The Morgan fingerprint density at radius 1 is 1.47 bits per heavy atom. The molecule has 1 atom stereocenters. The lowest BCUT2D eigenvalue weighted by Crippen LogP contribution is -2.10. The molecule has 0 unspecified atom stereocenters. The third-order valence-electron chi connectivity index (χ3n) is 2.52. The van der Waals surface area contributed by atoms with E-state index in [1.54, 1.807) is 6.20 Å². The van der Waals surface area contributed by atoms with Crippen molar-refractivity contribution in [2.45, 2.75) is 12.5 Å². The highest BCUT2D eigenvalue weighted by atomic mass is 35.5. The highest BCUT2D eigenvalue weighted by Gasteiger charge is 2.21. The maximum atomic E-state index is 5.81. The maximum absolute atomic E-state index is 5.81. The minimum atomic E-state index is 0.260. The van der Waals surface area contributed by atoms with Crippen LogP contribution in [0.25, 0.3) is 11.2 Å². The number of rotatable bonds is 1. The molecule has 0 aliphatic carbocycles. The van der Waals surface area contributed by atoms with Crippen LogP contribution in [0.5, 0.6) is 0 Å². The molecule has 1 aliphatic heterocycles. The van der Waals surface area contributed by atoms with Gasteiger partial charge in [0.15, 0.2) is 5.65 Å². The van der Waals surface area contributed by atoms with E-state index in [1.165, 1.54) is 6.20 Å². The second kappa shape index (κ2) is 3.43. The second-order valence-electron chi connectivity index (χ2n) is 3.51. The largest absolute Gasteiger partial charge is 0.379 e. The predicted octanol–water partition coefficient (Wildman–Crippen LogP) is 1.44. The Bertz CT molecular complexity index is 492. The monoisotopic (exact) mass is 224 g/mol. The van der Waals surface area contributed by atoms with Crippen LogP contribution in [0.4, 0.5) is 0 Å². The average molecular weight is 225 g/mol. The van der Waals surface area contributed by atoms with Crippen LogP contribution in [0, 0.1) is 0 Å². The summed E-state index contributed by atoms with van der Waals surface area (Å²) in [6, 6.07) is 0.260. The molecular weight excluding hydrogens is 216 g/mol. The molecule has 1 saturated heterocycles. The van der Waals surface area contributed by atoms with E-state index in [0.29, 0.717) is 11.8 Å². The summed E-state index contributed by atoms with van der Waals surface area (Å²) in [5.74, 6) is 0. The zero-order valence-electron chi connectivity index (χ0n) is 7.93. The smallest absolute Gasteiger partial charge is 0.178 e. The van der Waals surface area contributed by atoms with Gasteiger partial charge in [0.05, 0.1) is 25.0 Å². The van der Waals surface area contributed by atoms with Gasteiger partial charge in [0, 0.05) is 6.61 Å². The van der Waals surface area contributed by atoms with Crippen molar-refractivity contribution in [2.24, 2.45) is 0 Å². The van der Waals surface area contributed by atoms with Crippen LogP contribution in [0.1, 0.15) is 12.5 Å². The van der Waals surface area contributed by atoms with Gasteiger partial charge in [0.2, 0.25) is 0 Å². The highest BCUT2D eigenvalue weighted by Crippen LogP contribution is 2.22. The molecule has 15 heavy (non-hydrogen) atoms. The van der Waals surface area contributed by atoms with Crippen molar-refractivity contribution < 1.29 is 4.74 Å². The van der Waals surface area contributed by atoms with Gasteiger partial charge in [0.25, 0.3) is 0 Å². The van der Waals surface area contributed by atoms with Gasteiger partial charge in [0.1, 0.15) is 10.7 Å². The summed E-state index contributed by atoms with van der Waals surface area (Å²) in [5.41, 5.74) is 1.50. The standard InChI is InChI=1S/C9H9ClN4O/c10-8-4-11-7-3-12-14(9(7)13-8)6-1-2-15-5-6/h3-4,6H,1-2,5H2/t6-/m0/s1. The minimum absolute atomic E-state index is 0.260. The molecule has 6 heteroatoms. The van der Waals surface area contributed by atoms with Crippen LogP contribution >= 0.6 is 11.6 Å². The quantitative estimate of drug-likeness (QED) is 0.736. The minimum Gasteiger partial charge on any atom is -0.379 e. The van der Waals surface area contributed by atoms with Crippen molar-refractivity contribution in [1.29, 1.82) is 0 Å². The second-order valence-corrected chi connectivity index (χ2v) is 3.90. The Kier molecular flexibility index (Phi) is 2.07. The number of hydrogen-bond acceptors (Lipinski definition) is 4. The van der Waals surface area contributed by atoms with Gasteiger partial charge < -0.3 is 4.74 Å². The molecular formula is C9H9ClN4O. The molecule has 2 aromatic heterocycles. The Morgan fingerprint density at radius 3 is 3.20 bits per heavy atom. The molecule has 78 valence electrons. The van der Waals surface area contributed by atoms with Crippen LogP contribution in [-0.4, -0.2) is 33.0 Å². The molecule has 0 bridgehead atoms. The number of fused-ring (bicyclic) bond motifs is 1. The van der Waals surface area contributed by atoms with Gasteiger partial charge in [-0.15, -0.1) is 0 Å². The normalized spacial score (nSPS) is 21.3. The molecule has 0 saturated carbocycles. The van der Waals surface area contributed by atoms with Crippen LogP contribution in [-0.2, 0) is 4.74 Å². The molecule has 5 nitrogen and oxygen atoms in total. The van der Waals surface area contributed by atoms with E-state index in [0.717, 1.165) is 24.2 Å². The first-order valence-corrected chi connectivity index (χ1v) is 5.16. The van der Waals surface area contributed by atoms with E-state index in [2.05, 4.69) is 15.1 Å². The molecule has 1 aliphatic rings. The zero-order chi connectivity index (χ0) is 10.3. The highest BCUT2D eigenvalue weighted by molar-refractivity contribution is 6.29. The molecule has 1 fully saturated rings. The first-order valence-electron chi connectivity index (χ1n) is 4.78. The fourth-order valence-corrected chi connectivity index (χ4v) is 1.91. The number of hydrogen-bond donors (Lipinski definition) is 0. The van der Waals surface area contributed by atoms with E-state index in [1.807, 2.05) is 4.68 Å². The van der Waals surface area contributed by atoms with Gasteiger partial charge in [-0.3, -0.25) is 0 Å². The van der Waals surface area contributed by atoms with Crippen molar-refractivity contribution >= 4 is 22.8 Å². The molecule has 0 amide bonds. The first kappa shape index (κ1) is 9.06. The lowest BCUT2D eigenvalue weighted by atomic mass is 10.3. The SMILES string of the molecule is Clc1cnc2cnn([C@H]3CCOC3)c2n1. The van der Waals surface area contributed by atoms with Crippen LogP contribution in [0.3, 0.4) is 0 Å². The summed E-state index contributed by atoms with van der Waals surface area (Å²) >= 11 is 5.81. The van der Waals surface area contributed by atoms with Gasteiger partial charge in [-0.25, -0.2) is 14.6 Å². The number of halogens is 1. The van der Waals surface area contributed by atoms with E-state index in [-0.39, 0.29) is 6.04 Å². The van der Waals surface area contributed by atoms with E-state index in [4.69, 9.17) is 16.3 Å². The summed E-state index contributed by atoms with van der Waals surface area (Å²) in [6.07, 6.45) is 4.20. The van der Waals surface area contributed by atoms with E-state index < -0.39 is 0 Å². The third kappa shape index (κ3) is 1.48. The molecule has 0 N–H and O–H groups in total. The molecule has 2 aromatic rings. The fourth-order valence-electron chi connectivity index (χ4n) is 1.78. The summed E-state index contributed by atoms with van der Waals surface area (Å²) in [4.78, 5) is 8.38. The average Bonchev–Trinajstić information content (AvgIpc) is 2.83. The Balaban J connectivity index is 2.13. The molecule has 0 spiro atoms. The van der Waals surface area contributed by atoms with Gasteiger partial charge in [-0.2, -0.15) is 5.10 Å². The molecule has 0 radical (unpaired) electrons. The summed E-state index contributed by atoms with van der Waals surface area (Å²) in [5, 5.41) is 4.66. The molecule has 0 aromatic carbocycles. The predicted molar refractivity (Wildman–Crippen MR) is 54.8 cm³/mol. The van der Waals surface area contributed by atoms with Gasteiger partial charge >= 0.3 is 0 Å². The van der Waals surface area contributed by atoms with Crippen molar-refractivity contribution in [3.8, 4) is 0 Å². The van der Waals surface area contributed by atoms with Crippen molar-refractivity contribution in [3.63, 3.8) is 0 Å². The lowest BCUT2D eigenvalue weighted by molar-refractivity contribution is 0.185. The first-order chi connectivity index (χ1) is 7.34. The maximum Gasteiger partial charge on any atom is 0.178 e. The van der Waals surface area contributed by atoms with Crippen LogP contribution in [0.15, 0.2) is 12.4 Å². The zero-order valence-corrected chi connectivity index (χ0v) is 8.68.